The Hall–Kier alpha value is -1.48. The molecule has 3 heteroatoms. The first kappa shape index (κ1) is 15.9. The molecule has 21 heavy (non-hydrogen) atoms. The fraction of sp³-hybridized carbons (Fsp3) is 0.500. The second-order valence-corrected chi connectivity index (χ2v) is 5.90. The van der Waals surface area contributed by atoms with Crippen LogP contribution in [0.25, 0.3) is 0 Å². The Labute approximate surface area is 126 Å². The predicted octanol–water partition coefficient (Wildman–Crippen LogP) is 4.15. The number of hydrogen-bond acceptors (Lipinski definition) is 2. The van der Waals surface area contributed by atoms with Crippen LogP contribution in [-0.2, 0) is 0 Å². The highest BCUT2D eigenvalue weighted by molar-refractivity contribution is 6.12. The molecular weight excluding hydrogens is 265 g/mol. The van der Waals surface area contributed by atoms with Gasteiger partial charge < -0.3 is 5.11 Å². The van der Waals surface area contributed by atoms with E-state index in [0.717, 1.165) is 42.5 Å². The van der Waals surface area contributed by atoms with E-state index in [1.807, 2.05) is 13.0 Å². The monoisotopic (exact) mass is 289 g/mol. The van der Waals surface area contributed by atoms with Crippen molar-refractivity contribution >= 4 is 5.71 Å². The van der Waals surface area contributed by atoms with Crippen molar-refractivity contribution in [2.75, 3.05) is 7.05 Å². The van der Waals surface area contributed by atoms with Crippen LogP contribution in [0.2, 0.25) is 0 Å². The van der Waals surface area contributed by atoms with Crippen LogP contribution in [-0.4, -0.2) is 24.0 Å². The van der Waals surface area contributed by atoms with Crippen LogP contribution in [0.3, 0.4) is 0 Å². The van der Waals surface area contributed by atoms with E-state index in [1.165, 1.54) is 6.08 Å². The fourth-order valence-corrected chi connectivity index (χ4v) is 3.34. The third-order valence-corrected chi connectivity index (χ3v) is 4.62. The molecule has 114 valence electrons. The summed E-state index contributed by atoms with van der Waals surface area (Å²) in [5.41, 5.74) is 2.75. The molecule has 0 heterocycles. The minimum atomic E-state index is -0.242. The quantitative estimate of drug-likeness (QED) is 0.831. The number of aliphatic hydroxyl groups excluding tert-OH is 1. The summed E-state index contributed by atoms with van der Waals surface area (Å²) < 4.78 is 13.6. The lowest BCUT2D eigenvalue weighted by atomic mass is 9.75. The Morgan fingerprint density at radius 2 is 2.05 bits per heavy atom. The van der Waals surface area contributed by atoms with Crippen molar-refractivity contribution in [1.29, 1.82) is 0 Å². The van der Waals surface area contributed by atoms with Gasteiger partial charge in [0, 0.05) is 12.6 Å². The molecule has 0 aromatic rings. The molecule has 1 atom stereocenters. The zero-order valence-electron chi connectivity index (χ0n) is 12.8. The van der Waals surface area contributed by atoms with Crippen molar-refractivity contribution in [2.45, 2.75) is 38.7 Å². The van der Waals surface area contributed by atoms with Crippen LogP contribution in [0.4, 0.5) is 4.39 Å². The van der Waals surface area contributed by atoms with Gasteiger partial charge in [-0.25, -0.2) is 4.39 Å². The van der Waals surface area contributed by atoms with Gasteiger partial charge in [0.15, 0.2) is 0 Å². The number of hydrogen-bond donors (Lipinski definition) is 1. The molecule has 0 saturated heterocycles. The number of aliphatic imine (C=N–C) groups is 1. The topological polar surface area (TPSA) is 32.6 Å². The number of allylic oxidation sites excluding steroid dienone is 7. The van der Waals surface area contributed by atoms with Crippen molar-refractivity contribution in [3.05, 3.63) is 47.9 Å². The van der Waals surface area contributed by atoms with Gasteiger partial charge in [-0.2, -0.15) is 0 Å². The Morgan fingerprint density at radius 3 is 2.57 bits per heavy atom. The van der Waals surface area contributed by atoms with E-state index in [2.05, 4.69) is 11.6 Å². The normalized spacial score (nSPS) is 31.8. The average Bonchev–Trinajstić information content (AvgIpc) is 2.49. The molecule has 2 nitrogen and oxygen atoms in total. The maximum atomic E-state index is 13.6. The van der Waals surface area contributed by atoms with Crippen molar-refractivity contribution in [1.82, 2.24) is 0 Å². The van der Waals surface area contributed by atoms with E-state index in [1.54, 1.807) is 19.2 Å². The summed E-state index contributed by atoms with van der Waals surface area (Å²) in [6.07, 6.45) is 10.4. The fourth-order valence-electron chi connectivity index (χ4n) is 3.34. The lowest BCUT2D eigenvalue weighted by Crippen LogP contribution is -2.24. The summed E-state index contributed by atoms with van der Waals surface area (Å²) in [4.78, 5) is 4.24. The van der Waals surface area contributed by atoms with Gasteiger partial charge in [0.05, 0.1) is 11.8 Å². The SMILES string of the molecule is C=C/C(=C1/C=C(F)C=C/C1=N/C)C1CCC(C(C)O)CC1. The van der Waals surface area contributed by atoms with Gasteiger partial charge in [-0.05, 0) is 68.2 Å². The Kier molecular flexibility index (Phi) is 5.29. The van der Waals surface area contributed by atoms with Gasteiger partial charge in [-0.1, -0.05) is 12.7 Å². The first-order valence-corrected chi connectivity index (χ1v) is 7.64. The van der Waals surface area contributed by atoms with Crippen molar-refractivity contribution in [3.63, 3.8) is 0 Å². The molecule has 0 bridgehead atoms. The molecule has 0 amide bonds. The summed E-state index contributed by atoms with van der Waals surface area (Å²) in [6.45, 7) is 5.79. The second kappa shape index (κ2) is 6.99. The zero-order valence-corrected chi connectivity index (χ0v) is 12.8. The van der Waals surface area contributed by atoms with Gasteiger partial charge in [-0.3, -0.25) is 4.99 Å². The lowest BCUT2D eigenvalue weighted by Gasteiger charge is -2.32. The van der Waals surface area contributed by atoms with Gasteiger partial charge in [0.2, 0.25) is 0 Å². The standard InChI is InChI=1S/C18H24FNO/c1-4-16(14-7-5-13(6-8-14)12(2)21)17-11-15(19)9-10-18(17)20-3/h4,9-14,21H,1,5-8H2,2-3H3/b17-16+,20-18-. The van der Waals surface area contributed by atoms with Gasteiger partial charge in [0.25, 0.3) is 0 Å². The van der Waals surface area contributed by atoms with E-state index in [9.17, 15) is 9.50 Å². The third-order valence-electron chi connectivity index (χ3n) is 4.62. The van der Waals surface area contributed by atoms with E-state index >= 15 is 0 Å². The number of nitrogens with zero attached hydrogens (tertiary/aromatic N) is 1. The Bertz CT molecular complexity index is 517. The molecule has 1 fully saturated rings. The molecule has 0 spiro atoms. The second-order valence-electron chi connectivity index (χ2n) is 5.90. The van der Waals surface area contributed by atoms with Crippen molar-refractivity contribution in [2.24, 2.45) is 16.8 Å². The third kappa shape index (κ3) is 3.59. The zero-order chi connectivity index (χ0) is 15.4. The van der Waals surface area contributed by atoms with E-state index in [0.29, 0.717) is 11.8 Å². The Balaban J connectivity index is 2.25. The van der Waals surface area contributed by atoms with Crippen molar-refractivity contribution in [3.8, 4) is 0 Å². The molecule has 0 aromatic carbocycles. The molecule has 1 N–H and O–H groups in total. The van der Waals surface area contributed by atoms with Gasteiger partial charge in [0.1, 0.15) is 5.83 Å². The largest absolute Gasteiger partial charge is 0.393 e. The summed E-state index contributed by atoms with van der Waals surface area (Å²) in [7, 11) is 1.72. The molecule has 2 rings (SSSR count). The molecule has 0 radical (unpaired) electrons. The highest BCUT2D eigenvalue weighted by Gasteiger charge is 2.27. The molecular formula is C18H24FNO. The average molecular weight is 289 g/mol. The highest BCUT2D eigenvalue weighted by atomic mass is 19.1. The molecule has 2 aliphatic rings. The molecule has 1 unspecified atom stereocenters. The summed E-state index contributed by atoms with van der Waals surface area (Å²) in [5, 5.41) is 9.70. The van der Waals surface area contributed by atoms with E-state index in [-0.39, 0.29) is 11.9 Å². The van der Waals surface area contributed by atoms with Crippen LogP contribution in [0.1, 0.15) is 32.6 Å². The van der Waals surface area contributed by atoms with Gasteiger partial charge >= 0.3 is 0 Å². The first-order chi connectivity index (χ1) is 10.1. The molecule has 0 aromatic heterocycles. The number of halogens is 1. The summed E-state index contributed by atoms with van der Waals surface area (Å²) in [5.74, 6) is 0.518. The van der Waals surface area contributed by atoms with E-state index < -0.39 is 0 Å². The Morgan fingerprint density at radius 1 is 1.38 bits per heavy atom. The lowest BCUT2D eigenvalue weighted by molar-refractivity contribution is 0.0931. The van der Waals surface area contributed by atoms with Crippen LogP contribution < -0.4 is 0 Å². The maximum Gasteiger partial charge on any atom is 0.123 e. The van der Waals surface area contributed by atoms with Crippen LogP contribution in [0, 0.1) is 11.8 Å². The predicted molar refractivity (Wildman–Crippen MR) is 86.0 cm³/mol. The smallest absolute Gasteiger partial charge is 0.123 e. The van der Waals surface area contributed by atoms with Crippen LogP contribution >= 0.6 is 0 Å². The van der Waals surface area contributed by atoms with Crippen LogP contribution in [0.5, 0.6) is 0 Å². The highest BCUT2D eigenvalue weighted by Crippen LogP contribution is 2.37. The number of rotatable bonds is 3. The van der Waals surface area contributed by atoms with Gasteiger partial charge in [-0.15, -0.1) is 0 Å². The minimum Gasteiger partial charge on any atom is -0.393 e. The molecule has 0 aliphatic heterocycles. The minimum absolute atomic E-state index is 0.241. The molecule has 2 aliphatic carbocycles. The van der Waals surface area contributed by atoms with Crippen molar-refractivity contribution < 1.29 is 9.50 Å². The summed E-state index contributed by atoms with van der Waals surface area (Å²) in [6, 6.07) is 0. The molecule has 1 saturated carbocycles. The summed E-state index contributed by atoms with van der Waals surface area (Å²) >= 11 is 0. The van der Waals surface area contributed by atoms with E-state index in [4.69, 9.17) is 0 Å². The van der Waals surface area contributed by atoms with Crippen LogP contribution in [0.15, 0.2) is 52.8 Å². The first-order valence-electron chi connectivity index (χ1n) is 7.64. The number of aliphatic hydroxyl groups is 1. The maximum absolute atomic E-state index is 13.6.